The molecule has 0 heterocycles. The monoisotopic (exact) mass is 416 g/mol. The lowest BCUT2D eigenvalue weighted by Gasteiger charge is -2.21. The van der Waals surface area contributed by atoms with Gasteiger partial charge in [-0.3, -0.25) is 9.59 Å². The van der Waals surface area contributed by atoms with Crippen LogP contribution in [0.1, 0.15) is 17.5 Å². The second-order valence-corrected chi connectivity index (χ2v) is 6.60. The normalized spacial score (nSPS) is 10.7. The fraction of sp³-hybridized carbons (Fsp3) is 0.200. The van der Waals surface area contributed by atoms with E-state index in [0.717, 1.165) is 15.6 Å². The molecule has 0 aliphatic heterocycles. The fourth-order valence-corrected chi connectivity index (χ4v) is 2.80. The molecule has 6 heteroatoms. The zero-order valence-corrected chi connectivity index (χ0v) is 16.1. The zero-order chi connectivity index (χ0) is 18.9. The standard InChI is InChI=1S/C20H21BrN2O3/c1-26-18-9-8-17(21)13-16(18)7-10-20(25)23(12-11-19(22)24)14-15-5-3-2-4-6-15/h2-10,13H,11-12,14H2,1H3,(H2,22,24)/b10-7+. The van der Waals surface area contributed by atoms with Crippen LogP contribution in [0.5, 0.6) is 5.75 Å². The van der Waals surface area contributed by atoms with Gasteiger partial charge in [-0.1, -0.05) is 46.3 Å². The van der Waals surface area contributed by atoms with Crippen molar-refractivity contribution in [2.75, 3.05) is 13.7 Å². The number of rotatable bonds is 8. The molecule has 2 N–H and O–H groups in total. The van der Waals surface area contributed by atoms with E-state index in [1.807, 2.05) is 48.5 Å². The Morgan fingerprint density at radius 2 is 1.92 bits per heavy atom. The molecule has 0 unspecified atom stereocenters. The van der Waals surface area contributed by atoms with E-state index >= 15 is 0 Å². The molecule has 0 aliphatic rings. The van der Waals surface area contributed by atoms with Gasteiger partial charge in [0.2, 0.25) is 11.8 Å². The first-order chi connectivity index (χ1) is 12.5. The van der Waals surface area contributed by atoms with E-state index in [2.05, 4.69) is 15.9 Å². The van der Waals surface area contributed by atoms with Crippen LogP contribution in [0, 0.1) is 0 Å². The number of nitrogens with zero attached hydrogens (tertiary/aromatic N) is 1. The van der Waals surface area contributed by atoms with Crippen molar-refractivity contribution in [2.45, 2.75) is 13.0 Å². The van der Waals surface area contributed by atoms with Gasteiger partial charge in [0.25, 0.3) is 0 Å². The number of hydrogen-bond donors (Lipinski definition) is 1. The molecule has 2 amide bonds. The summed E-state index contributed by atoms with van der Waals surface area (Å²) >= 11 is 3.41. The summed E-state index contributed by atoms with van der Waals surface area (Å²) in [7, 11) is 1.58. The van der Waals surface area contributed by atoms with Crippen molar-refractivity contribution in [3.63, 3.8) is 0 Å². The van der Waals surface area contributed by atoms with Crippen LogP contribution in [0.3, 0.4) is 0 Å². The average Bonchev–Trinajstić information content (AvgIpc) is 2.64. The van der Waals surface area contributed by atoms with E-state index in [1.54, 1.807) is 18.1 Å². The molecule has 0 atom stereocenters. The van der Waals surface area contributed by atoms with Crippen LogP contribution < -0.4 is 10.5 Å². The highest BCUT2D eigenvalue weighted by atomic mass is 79.9. The third-order valence-corrected chi connectivity index (χ3v) is 4.25. The largest absolute Gasteiger partial charge is 0.496 e. The van der Waals surface area contributed by atoms with Gasteiger partial charge in [0.1, 0.15) is 5.75 Å². The third kappa shape index (κ3) is 6.04. The quantitative estimate of drug-likeness (QED) is 0.670. The summed E-state index contributed by atoms with van der Waals surface area (Å²) in [4.78, 5) is 25.4. The van der Waals surface area contributed by atoms with Gasteiger partial charge in [-0.2, -0.15) is 0 Å². The van der Waals surface area contributed by atoms with Crippen LogP contribution in [0.15, 0.2) is 59.1 Å². The van der Waals surface area contributed by atoms with Crippen molar-refractivity contribution in [1.29, 1.82) is 0 Å². The first-order valence-corrected chi connectivity index (χ1v) is 8.91. The lowest BCUT2D eigenvalue weighted by atomic mass is 10.1. The van der Waals surface area contributed by atoms with Crippen molar-refractivity contribution in [2.24, 2.45) is 5.73 Å². The summed E-state index contributed by atoms with van der Waals surface area (Å²) < 4.78 is 6.20. The molecule has 0 fully saturated rings. The Kier molecular flexibility index (Phi) is 7.41. The second kappa shape index (κ2) is 9.77. The second-order valence-electron chi connectivity index (χ2n) is 5.68. The number of methoxy groups -OCH3 is 1. The van der Waals surface area contributed by atoms with Crippen molar-refractivity contribution < 1.29 is 14.3 Å². The first-order valence-electron chi connectivity index (χ1n) is 8.12. The topological polar surface area (TPSA) is 72.6 Å². The van der Waals surface area contributed by atoms with Crippen LogP contribution in [-0.4, -0.2) is 30.4 Å². The Bertz CT molecular complexity index is 791. The molecular formula is C20H21BrN2O3. The fourth-order valence-electron chi connectivity index (χ4n) is 2.42. The highest BCUT2D eigenvalue weighted by Gasteiger charge is 2.13. The molecule has 26 heavy (non-hydrogen) atoms. The van der Waals surface area contributed by atoms with E-state index in [4.69, 9.17) is 10.5 Å². The van der Waals surface area contributed by atoms with Gasteiger partial charge in [0.05, 0.1) is 7.11 Å². The van der Waals surface area contributed by atoms with E-state index in [0.29, 0.717) is 12.3 Å². The molecule has 0 aromatic heterocycles. The molecule has 2 rings (SSSR count). The number of primary amides is 1. The van der Waals surface area contributed by atoms with Crippen LogP contribution in [0.4, 0.5) is 0 Å². The molecule has 5 nitrogen and oxygen atoms in total. The molecule has 2 aromatic carbocycles. The number of ether oxygens (including phenoxy) is 1. The van der Waals surface area contributed by atoms with Crippen molar-refractivity contribution in [3.8, 4) is 5.75 Å². The number of hydrogen-bond acceptors (Lipinski definition) is 3. The molecule has 0 aliphatic carbocycles. The number of carbonyl (C=O) groups is 2. The molecule has 2 aromatic rings. The van der Waals surface area contributed by atoms with Crippen molar-refractivity contribution in [3.05, 3.63) is 70.2 Å². The van der Waals surface area contributed by atoms with Gasteiger partial charge >= 0.3 is 0 Å². The number of nitrogens with two attached hydrogens (primary N) is 1. The maximum atomic E-state index is 12.7. The van der Waals surface area contributed by atoms with Gasteiger partial charge in [0.15, 0.2) is 0 Å². The molecule has 0 saturated carbocycles. The minimum Gasteiger partial charge on any atom is -0.496 e. The number of amides is 2. The van der Waals surface area contributed by atoms with E-state index in [9.17, 15) is 9.59 Å². The summed E-state index contributed by atoms with van der Waals surface area (Å²) in [6.07, 6.45) is 3.30. The maximum absolute atomic E-state index is 12.7. The number of carbonyl (C=O) groups excluding carboxylic acids is 2. The van der Waals surface area contributed by atoms with Crippen LogP contribution >= 0.6 is 15.9 Å². The predicted molar refractivity (Wildman–Crippen MR) is 105 cm³/mol. The van der Waals surface area contributed by atoms with Crippen molar-refractivity contribution in [1.82, 2.24) is 4.90 Å². The van der Waals surface area contributed by atoms with Crippen LogP contribution in [0.25, 0.3) is 6.08 Å². The highest BCUT2D eigenvalue weighted by molar-refractivity contribution is 9.10. The van der Waals surface area contributed by atoms with Gasteiger partial charge in [-0.15, -0.1) is 0 Å². The molecular weight excluding hydrogens is 396 g/mol. The average molecular weight is 417 g/mol. The van der Waals surface area contributed by atoms with Gasteiger partial charge < -0.3 is 15.4 Å². The molecule has 0 radical (unpaired) electrons. The Morgan fingerprint density at radius 3 is 2.58 bits per heavy atom. The molecule has 0 bridgehead atoms. The van der Waals surface area contributed by atoms with Crippen LogP contribution in [-0.2, 0) is 16.1 Å². The number of halogens is 1. The Balaban J connectivity index is 2.17. The summed E-state index contributed by atoms with van der Waals surface area (Å²) in [6, 6.07) is 15.2. The Morgan fingerprint density at radius 1 is 1.19 bits per heavy atom. The van der Waals surface area contributed by atoms with Gasteiger partial charge in [0, 0.05) is 35.6 Å². The third-order valence-electron chi connectivity index (χ3n) is 3.75. The zero-order valence-electron chi connectivity index (χ0n) is 14.5. The smallest absolute Gasteiger partial charge is 0.246 e. The lowest BCUT2D eigenvalue weighted by molar-refractivity contribution is -0.127. The molecule has 0 saturated heterocycles. The molecule has 0 spiro atoms. The van der Waals surface area contributed by atoms with E-state index < -0.39 is 5.91 Å². The number of benzene rings is 2. The SMILES string of the molecule is COc1ccc(Br)cc1/C=C/C(=O)N(CCC(N)=O)Cc1ccccc1. The molecule has 136 valence electrons. The Labute approximate surface area is 161 Å². The minimum atomic E-state index is -0.437. The van der Waals surface area contributed by atoms with Gasteiger partial charge in [-0.25, -0.2) is 0 Å². The van der Waals surface area contributed by atoms with Gasteiger partial charge in [-0.05, 0) is 29.8 Å². The van der Waals surface area contributed by atoms with E-state index in [1.165, 1.54) is 6.08 Å². The Hall–Kier alpha value is -2.60. The summed E-state index contributed by atoms with van der Waals surface area (Å²) in [6.45, 7) is 0.677. The first kappa shape index (κ1) is 19.7. The predicted octanol–water partition coefficient (Wildman–Crippen LogP) is 3.38. The summed E-state index contributed by atoms with van der Waals surface area (Å²) in [5, 5.41) is 0. The highest BCUT2D eigenvalue weighted by Crippen LogP contribution is 2.24. The van der Waals surface area contributed by atoms with Crippen LogP contribution in [0.2, 0.25) is 0 Å². The van der Waals surface area contributed by atoms with Crippen molar-refractivity contribution >= 4 is 33.8 Å². The summed E-state index contributed by atoms with van der Waals surface area (Å²) in [5.41, 5.74) is 7.00. The lowest BCUT2D eigenvalue weighted by Crippen LogP contribution is -2.32. The van der Waals surface area contributed by atoms with E-state index in [-0.39, 0.29) is 18.9 Å². The minimum absolute atomic E-state index is 0.118. The maximum Gasteiger partial charge on any atom is 0.246 e. The summed E-state index contributed by atoms with van der Waals surface area (Å²) in [5.74, 6) is 0.0367.